The first kappa shape index (κ1) is 33.5. The summed E-state index contributed by atoms with van der Waals surface area (Å²) in [6, 6.07) is 4.34. The average Bonchev–Trinajstić information content (AvgIpc) is 2.82. The molecule has 0 unspecified atom stereocenters. The molecule has 0 heterocycles. The molecule has 0 N–H and O–H groups in total. The van der Waals surface area contributed by atoms with E-state index in [1.54, 1.807) is 0 Å². The molecule has 1 rings (SSSR count). The first-order chi connectivity index (χ1) is 17.3. The minimum atomic E-state index is -3.25. The lowest BCUT2D eigenvalue weighted by Gasteiger charge is -2.23. The van der Waals surface area contributed by atoms with Crippen molar-refractivity contribution in [1.29, 1.82) is 0 Å². The van der Waals surface area contributed by atoms with Crippen molar-refractivity contribution in [1.82, 2.24) is 0 Å². The number of rotatable bonds is 22. The van der Waals surface area contributed by atoms with Crippen LogP contribution in [0.25, 0.3) is 0 Å². The number of hydrogen-bond donors (Lipinski definition) is 0. The molecule has 0 fully saturated rings. The van der Waals surface area contributed by atoms with Gasteiger partial charge in [0.1, 0.15) is 0 Å². The van der Waals surface area contributed by atoms with Crippen LogP contribution in [0, 0.1) is 0 Å². The summed E-state index contributed by atoms with van der Waals surface area (Å²) in [4.78, 5) is 0. The van der Waals surface area contributed by atoms with Crippen molar-refractivity contribution in [2.75, 3.05) is 26.4 Å². The Labute approximate surface area is 221 Å². The van der Waals surface area contributed by atoms with Crippen LogP contribution in [0.3, 0.4) is 0 Å². The molecule has 6 nitrogen and oxygen atoms in total. The van der Waals surface area contributed by atoms with Crippen molar-refractivity contribution >= 4 is 15.2 Å². The third-order valence-electron chi connectivity index (χ3n) is 6.15. The Balaban J connectivity index is 3.49. The Hall–Kier alpha value is -0.480. The summed E-state index contributed by atoms with van der Waals surface area (Å²) in [5, 5.41) is 0. The lowest BCUT2D eigenvalue weighted by atomic mass is 9.93. The number of aryl methyl sites for hydroxylation is 2. The van der Waals surface area contributed by atoms with Gasteiger partial charge in [0.2, 0.25) is 0 Å². The summed E-state index contributed by atoms with van der Waals surface area (Å²) in [6.07, 6.45) is 11.4. The monoisotopic (exact) mass is 546 g/mol. The van der Waals surface area contributed by atoms with Crippen molar-refractivity contribution in [3.8, 4) is 0 Å². The third kappa shape index (κ3) is 12.4. The fourth-order valence-electron chi connectivity index (χ4n) is 4.50. The predicted octanol–water partition coefficient (Wildman–Crippen LogP) is 9.46. The number of benzene rings is 1. The van der Waals surface area contributed by atoms with Crippen molar-refractivity contribution in [3.63, 3.8) is 0 Å². The highest BCUT2D eigenvalue weighted by Crippen LogP contribution is 2.54. The standard InChI is InChI=1S/C28H52O6P2/c1-7-13-15-17-19-25-21-28(24-36(30,33-11-5)34-12-6)26(20-18-16-14-8-2)22-27(25)23-35(29,31-9-3)32-10-4/h21-22H,7-20,23-24H2,1-6H3. The van der Waals surface area contributed by atoms with E-state index in [1.165, 1.54) is 25.7 Å². The van der Waals surface area contributed by atoms with Gasteiger partial charge < -0.3 is 18.1 Å². The fourth-order valence-corrected chi connectivity index (χ4v) is 8.01. The van der Waals surface area contributed by atoms with Gasteiger partial charge in [0.15, 0.2) is 0 Å². The molecule has 36 heavy (non-hydrogen) atoms. The van der Waals surface area contributed by atoms with Crippen molar-refractivity contribution in [2.45, 2.75) is 118 Å². The van der Waals surface area contributed by atoms with Crippen LogP contribution in [-0.2, 0) is 52.4 Å². The molecular formula is C28H52O6P2. The molecule has 0 bridgehead atoms. The van der Waals surface area contributed by atoms with Crippen LogP contribution in [0.1, 0.15) is 115 Å². The van der Waals surface area contributed by atoms with Gasteiger partial charge in [-0.2, -0.15) is 0 Å². The molecule has 0 aromatic heterocycles. The average molecular weight is 547 g/mol. The molecule has 0 aliphatic rings. The maximum absolute atomic E-state index is 13.5. The van der Waals surface area contributed by atoms with E-state index in [0.717, 1.165) is 60.8 Å². The van der Waals surface area contributed by atoms with Gasteiger partial charge >= 0.3 is 15.2 Å². The molecule has 0 aliphatic heterocycles. The highest BCUT2D eigenvalue weighted by atomic mass is 31.2. The van der Waals surface area contributed by atoms with Gasteiger partial charge in [0.05, 0.1) is 38.8 Å². The molecule has 210 valence electrons. The predicted molar refractivity (Wildman–Crippen MR) is 151 cm³/mol. The molecule has 1 aromatic rings. The van der Waals surface area contributed by atoms with Crippen LogP contribution < -0.4 is 0 Å². The smallest absolute Gasteiger partial charge is 0.309 e. The van der Waals surface area contributed by atoms with Gasteiger partial charge in [0.25, 0.3) is 0 Å². The summed E-state index contributed by atoms with van der Waals surface area (Å²) in [5.41, 5.74) is 4.32. The molecular weight excluding hydrogens is 494 g/mol. The van der Waals surface area contributed by atoms with Gasteiger partial charge in [-0.1, -0.05) is 64.5 Å². The zero-order valence-electron chi connectivity index (χ0n) is 23.8. The van der Waals surface area contributed by atoms with E-state index in [-0.39, 0.29) is 12.3 Å². The van der Waals surface area contributed by atoms with E-state index in [9.17, 15) is 9.13 Å². The normalized spacial score (nSPS) is 12.4. The van der Waals surface area contributed by atoms with Gasteiger partial charge in [-0.3, -0.25) is 9.13 Å². The van der Waals surface area contributed by atoms with Crippen LogP contribution in [0.5, 0.6) is 0 Å². The minimum absolute atomic E-state index is 0.259. The second-order valence-electron chi connectivity index (χ2n) is 9.22. The number of unbranched alkanes of at least 4 members (excludes halogenated alkanes) is 6. The topological polar surface area (TPSA) is 71.1 Å². The highest BCUT2D eigenvalue weighted by Gasteiger charge is 2.29. The van der Waals surface area contributed by atoms with Crippen LogP contribution >= 0.6 is 15.2 Å². The summed E-state index contributed by atoms with van der Waals surface area (Å²) in [5.74, 6) is 0. The van der Waals surface area contributed by atoms with E-state index < -0.39 is 15.2 Å². The summed E-state index contributed by atoms with van der Waals surface area (Å²) in [7, 11) is -6.50. The molecule has 0 saturated carbocycles. The Morgan fingerprint density at radius 3 is 1.11 bits per heavy atom. The SMILES string of the molecule is CCCCCCc1cc(CP(=O)(OCC)OCC)c(CCCCCC)cc1CP(=O)(OCC)OCC. The Morgan fingerprint density at radius 2 is 0.833 bits per heavy atom. The molecule has 1 aromatic carbocycles. The summed E-state index contributed by atoms with van der Waals surface area (Å²) < 4.78 is 49.5. The first-order valence-corrected chi connectivity index (χ1v) is 17.6. The van der Waals surface area contributed by atoms with Gasteiger partial charge in [0, 0.05) is 0 Å². The summed E-state index contributed by atoms with van der Waals surface area (Å²) >= 11 is 0. The quantitative estimate of drug-likeness (QED) is 0.107. The molecule has 0 amide bonds. The third-order valence-corrected chi connectivity index (χ3v) is 10.2. The molecule has 0 aliphatic carbocycles. The van der Waals surface area contributed by atoms with Gasteiger partial charge in [-0.05, 0) is 75.6 Å². The van der Waals surface area contributed by atoms with Crippen LogP contribution in [-0.4, -0.2) is 26.4 Å². The zero-order chi connectivity index (χ0) is 26.9. The van der Waals surface area contributed by atoms with Crippen molar-refractivity contribution in [2.24, 2.45) is 0 Å². The molecule has 8 heteroatoms. The molecule has 0 saturated heterocycles. The van der Waals surface area contributed by atoms with E-state index in [0.29, 0.717) is 26.4 Å². The largest absolute Gasteiger partial charge is 0.335 e. The van der Waals surface area contributed by atoms with Crippen LogP contribution in [0.15, 0.2) is 12.1 Å². The Bertz CT molecular complexity index is 739. The van der Waals surface area contributed by atoms with Crippen LogP contribution in [0.4, 0.5) is 0 Å². The molecule has 0 radical (unpaired) electrons. The second-order valence-corrected chi connectivity index (χ2v) is 13.3. The first-order valence-electron chi connectivity index (χ1n) is 14.2. The van der Waals surface area contributed by atoms with E-state index in [4.69, 9.17) is 18.1 Å². The lowest BCUT2D eigenvalue weighted by Crippen LogP contribution is -2.07. The molecule has 0 spiro atoms. The Kier molecular flexibility index (Phi) is 17.4. The van der Waals surface area contributed by atoms with Crippen molar-refractivity contribution < 1.29 is 27.2 Å². The Morgan fingerprint density at radius 1 is 0.500 bits per heavy atom. The zero-order valence-corrected chi connectivity index (χ0v) is 25.6. The second kappa shape index (κ2) is 18.7. The van der Waals surface area contributed by atoms with E-state index in [2.05, 4.69) is 26.0 Å². The maximum atomic E-state index is 13.5. The minimum Gasteiger partial charge on any atom is -0.309 e. The maximum Gasteiger partial charge on any atom is 0.335 e. The summed E-state index contributed by atoms with van der Waals surface area (Å²) in [6.45, 7) is 13.2. The van der Waals surface area contributed by atoms with Crippen molar-refractivity contribution in [3.05, 3.63) is 34.4 Å². The lowest BCUT2D eigenvalue weighted by molar-refractivity contribution is 0.218. The van der Waals surface area contributed by atoms with E-state index in [1.807, 2.05) is 27.7 Å². The van der Waals surface area contributed by atoms with E-state index >= 15 is 0 Å². The van der Waals surface area contributed by atoms with Crippen LogP contribution in [0.2, 0.25) is 0 Å². The van der Waals surface area contributed by atoms with Gasteiger partial charge in [-0.25, -0.2) is 0 Å². The number of hydrogen-bond acceptors (Lipinski definition) is 6. The molecule has 0 atom stereocenters. The fraction of sp³-hybridized carbons (Fsp3) is 0.786. The van der Waals surface area contributed by atoms with Gasteiger partial charge in [-0.15, -0.1) is 0 Å². The highest BCUT2D eigenvalue weighted by molar-refractivity contribution is 7.53.